The average molecular weight is 365 g/mol. The molecule has 2 N–H and O–H groups in total. The van der Waals surface area contributed by atoms with E-state index in [0.717, 1.165) is 25.1 Å². The van der Waals surface area contributed by atoms with Crippen LogP contribution in [0.4, 0.5) is 0 Å². The summed E-state index contributed by atoms with van der Waals surface area (Å²) in [6.45, 7) is 2.26. The largest absolute Gasteiger partial charge is 0.383 e. The molecule has 8 nitrogen and oxygen atoms in total. The van der Waals surface area contributed by atoms with Gasteiger partial charge in [0.2, 0.25) is 11.8 Å². The van der Waals surface area contributed by atoms with Crippen molar-refractivity contribution in [3.05, 3.63) is 18.2 Å². The quantitative estimate of drug-likeness (QED) is 0.678. The molecule has 8 heteroatoms. The van der Waals surface area contributed by atoms with Crippen LogP contribution in [0, 0.1) is 5.92 Å². The van der Waals surface area contributed by atoms with Crippen LogP contribution < -0.4 is 10.6 Å². The van der Waals surface area contributed by atoms with E-state index < -0.39 is 0 Å². The van der Waals surface area contributed by atoms with Crippen LogP contribution >= 0.6 is 0 Å². The minimum absolute atomic E-state index is 0.0163. The second-order valence-electron chi connectivity index (χ2n) is 6.92. The number of methoxy groups -OCH3 is 1. The van der Waals surface area contributed by atoms with Gasteiger partial charge in [0.15, 0.2) is 0 Å². The molecular formula is C18H31N5O3. The highest BCUT2D eigenvalue weighted by atomic mass is 16.5. The van der Waals surface area contributed by atoms with Gasteiger partial charge in [-0.15, -0.1) is 0 Å². The predicted octanol–water partition coefficient (Wildman–Crippen LogP) is 0.290. The number of rotatable bonds is 7. The van der Waals surface area contributed by atoms with Crippen LogP contribution in [-0.4, -0.2) is 66.2 Å². The highest BCUT2D eigenvalue weighted by Crippen LogP contribution is 2.19. The van der Waals surface area contributed by atoms with E-state index in [0.29, 0.717) is 26.2 Å². The summed E-state index contributed by atoms with van der Waals surface area (Å²) in [5, 5.41) is 6.36. The smallest absolute Gasteiger partial charge is 0.223 e. The van der Waals surface area contributed by atoms with Gasteiger partial charge in [-0.1, -0.05) is 6.42 Å². The fraction of sp³-hybridized carbons (Fsp3) is 0.722. The summed E-state index contributed by atoms with van der Waals surface area (Å²) in [6.07, 6.45) is 6.51. The Morgan fingerprint density at radius 3 is 2.88 bits per heavy atom. The monoisotopic (exact) mass is 365 g/mol. The SMILES string of the molecule is COCCNC(=O)C1CCCC(NCc2nccn2C)CN(C)C(=O)C1. The van der Waals surface area contributed by atoms with Crippen LogP contribution in [0.3, 0.4) is 0 Å². The molecule has 2 rings (SSSR count). The molecule has 1 fully saturated rings. The number of amides is 2. The summed E-state index contributed by atoms with van der Waals surface area (Å²) in [7, 11) is 5.38. The molecule has 0 aliphatic carbocycles. The first-order valence-electron chi connectivity index (χ1n) is 9.21. The number of aryl methyl sites for hydroxylation is 1. The fourth-order valence-electron chi connectivity index (χ4n) is 3.22. The van der Waals surface area contributed by atoms with Gasteiger partial charge in [0, 0.05) is 65.1 Å². The number of imidazole rings is 1. The number of carbonyl (C=O) groups is 2. The van der Waals surface area contributed by atoms with Crippen molar-refractivity contribution in [1.82, 2.24) is 25.1 Å². The van der Waals surface area contributed by atoms with E-state index in [2.05, 4.69) is 15.6 Å². The first-order chi connectivity index (χ1) is 12.5. The van der Waals surface area contributed by atoms with Crippen LogP contribution in [0.5, 0.6) is 0 Å². The molecule has 0 spiro atoms. The van der Waals surface area contributed by atoms with Crippen LogP contribution in [-0.2, 0) is 27.9 Å². The van der Waals surface area contributed by atoms with Gasteiger partial charge in [0.1, 0.15) is 5.82 Å². The highest BCUT2D eigenvalue weighted by molar-refractivity contribution is 5.85. The lowest BCUT2D eigenvalue weighted by Crippen LogP contribution is -2.42. The predicted molar refractivity (Wildman–Crippen MR) is 98.3 cm³/mol. The standard InChI is InChI=1S/C18H31N5O3/c1-22-9-7-19-16(22)12-21-15-6-4-5-14(11-17(24)23(2)13-15)18(25)20-8-10-26-3/h7,9,14-15,21H,4-6,8,10-13H2,1-3H3,(H,20,25). The lowest BCUT2D eigenvalue weighted by atomic mass is 9.96. The van der Waals surface area contributed by atoms with Crippen molar-refractivity contribution in [2.45, 2.75) is 38.3 Å². The lowest BCUT2D eigenvalue weighted by Gasteiger charge is -2.24. The molecule has 0 radical (unpaired) electrons. The third-order valence-electron chi connectivity index (χ3n) is 4.89. The Kier molecular flexibility index (Phi) is 8.06. The molecule has 1 saturated heterocycles. The topological polar surface area (TPSA) is 88.5 Å². The highest BCUT2D eigenvalue weighted by Gasteiger charge is 2.26. The summed E-state index contributed by atoms with van der Waals surface area (Å²) in [5.74, 6) is 0.662. The molecule has 0 saturated carbocycles. The number of hydrogen-bond donors (Lipinski definition) is 2. The van der Waals surface area contributed by atoms with E-state index in [1.807, 2.05) is 24.9 Å². The summed E-state index contributed by atoms with van der Waals surface area (Å²) < 4.78 is 6.94. The van der Waals surface area contributed by atoms with Crippen LogP contribution in [0.25, 0.3) is 0 Å². The fourth-order valence-corrected chi connectivity index (χ4v) is 3.22. The molecule has 0 aromatic carbocycles. The van der Waals surface area contributed by atoms with E-state index in [-0.39, 0.29) is 30.2 Å². The van der Waals surface area contributed by atoms with Crippen LogP contribution in [0.1, 0.15) is 31.5 Å². The molecule has 146 valence electrons. The maximum absolute atomic E-state index is 12.5. The molecule has 0 bridgehead atoms. The Balaban J connectivity index is 1.90. The third-order valence-corrected chi connectivity index (χ3v) is 4.89. The molecule has 2 atom stereocenters. The van der Waals surface area contributed by atoms with Gasteiger partial charge < -0.3 is 24.8 Å². The maximum atomic E-state index is 12.5. The van der Waals surface area contributed by atoms with E-state index in [1.165, 1.54) is 0 Å². The zero-order chi connectivity index (χ0) is 18.9. The van der Waals surface area contributed by atoms with Gasteiger partial charge in [-0.2, -0.15) is 0 Å². The molecule has 1 aliphatic heterocycles. The van der Waals surface area contributed by atoms with Gasteiger partial charge in [-0.25, -0.2) is 4.98 Å². The zero-order valence-electron chi connectivity index (χ0n) is 16.0. The Bertz CT molecular complexity index is 589. The number of aromatic nitrogens is 2. The van der Waals surface area contributed by atoms with E-state index in [1.54, 1.807) is 18.2 Å². The second kappa shape index (κ2) is 10.3. The van der Waals surface area contributed by atoms with Crippen molar-refractivity contribution in [3.8, 4) is 0 Å². The average Bonchev–Trinajstić information content (AvgIpc) is 3.04. The Hall–Kier alpha value is -1.93. The van der Waals surface area contributed by atoms with E-state index in [4.69, 9.17) is 4.74 Å². The number of nitrogens with one attached hydrogen (secondary N) is 2. The van der Waals surface area contributed by atoms with Crippen molar-refractivity contribution < 1.29 is 14.3 Å². The Morgan fingerprint density at radius 2 is 2.19 bits per heavy atom. The van der Waals surface area contributed by atoms with Crippen molar-refractivity contribution in [2.75, 3.05) is 33.9 Å². The molecule has 1 aliphatic rings. The minimum Gasteiger partial charge on any atom is -0.383 e. The first-order valence-corrected chi connectivity index (χ1v) is 9.21. The van der Waals surface area contributed by atoms with Crippen LogP contribution in [0.2, 0.25) is 0 Å². The Labute approximate surface area is 155 Å². The zero-order valence-corrected chi connectivity index (χ0v) is 16.0. The van der Waals surface area contributed by atoms with E-state index >= 15 is 0 Å². The molecule has 2 unspecified atom stereocenters. The Morgan fingerprint density at radius 1 is 1.38 bits per heavy atom. The van der Waals surface area contributed by atoms with Crippen molar-refractivity contribution in [3.63, 3.8) is 0 Å². The van der Waals surface area contributed by atoms with Gasteiger partial charge in [-0.05, 0) is 12.8 Å². The maximum Gasteiger partial charge on any atom is 0.223 e. The van der Waals surface area contributed by atoms with Crippen molar-refractivity contribution in [1.29, 1.82) is 0 Å². The lowest BCUT2D eigenvalue weighted by molar-refractivity contribution is -0.135. The third kappa shape index (κ3) is 6.10. The number of carbonyl (C=O) groups excluding carboxylic acids is 2. The van der Waals surface area contributed by atoms with Crippen LogP contribution in [0.15, 0.2) is 12.4 Å². The summed E-state index contributed by atoms with van der Waals surface area (Å²) >= 11 is 0. The molecular weight excluding hydrogens is 334 g/mol. The minimum atomic E-state index is -0.268. The molecule has 1 aromatic heterocycles. The van der Waals surface area contributed by atoms with E-state index in [9.17, 15) is 9.59 Å². The summed E-state index contributed by atoms with van der Waals surface area (Å²) in [5.41, 5.74) is 0. The normalized spacial score (nSPS) is 21.8. The van der Waals surface area contributed by atoms with Crippen molar-refractivity contribution in [2.24, 2.45) is 13.0 Å². The number of hydrogen-bond acceptors (Lipinski definition) is 5. The van der Waals surface area contributed by atoms with Gasteiger partial charge in [0.05, 0.1) is 13.2 Å². The van der Waals surface area contributed by atoms with Gasteiger partial charge in [-0.3, -0.25) is 9.59 Å². The summed E-state index contributed by atoms with van der Waals surface area (Å²) in [6, 6.07) is 0.191. The molecule has 1 aromatic rings. The number of nitrogens with zero attached hydrogens (tertiary/aromatic N) is 3. The molecule has 2 heterocycles. The molecule has 26 heavy (non-hydrogen) atoms. The van der Waals surface area contributed by atoms with Gasteiger partial charge >= 0.3 is 0 Å². The number of likely N-dealkylation sites (N-methyl/N-ethyl adjacent to an activating group) is 1. The summed E-state index contributed by atoms with van der Waals surface area (Å²) in [4.78, 5) is 30.9. The second-order valence-corrected chi connectivity index (χ2v) is 6.92. The molecule has 2 amide bonds. The first kappa shape index (κ1) is 20.4. The number of ether oxygens (including phenoxy) is 1. The van der Waals surface area contributed by atoms with Crippen molar-refractivity contribution >= 4 is 11.8 Å². The van der Waals surface area contributed by atoms with Gasteiger partial charge in [0.25, 0.3) is 0 Å².